The number of likely N-dealkylation sites (N-methyl/N-ethyl adjacent to an activating group) is 2. The summed E-state index contributed by atoms with van der Waals surface area (Å²) in [6, 6.07) is 5.60. The first-order valence-corrected chi connectivity index (χ1v) is 54.7. The molecule has 826 valence electrons. The first kappa shape index (κ1) is 132. The zero-order valence-corrected chi connectivity index (χ0v) is 95.0. The van der Waals surface area contributed by atoms with Crippen LogP contribution in [0.4, 0.5) is 21.0 Å². The predicted octanol–water partition coefficient (Wildman–Crippen LogP) is 9.89. The summed E-state index contributed by atoms with van der Waals surface area (Å²) in [4.78, 5) is 190. The normalized spacial score (nSPS) is 28.7. The van der Waals surface area contributed by atoms with Gasteiger partial charge in [0.05, 0.1) is 73.4 Å². The Morgan fingerprint density at radius 2 is 1.05 bits per heavy atom. The predicted molar refractivity (Wildman–Crippen MR) is 562 cm³/mol. The van der Waals surface area contributed by atoms with Crippen LogP contribution >= 0.6 is 57.4 Å². The van der Waals surface area contributed by atoms with Crippen molar-refractivity contribution in [2.45, 2.75) is 303 Å². The van der Waals surface area contributed by atoms with Crippen LogP contribution in [-0.4, -0.2) is 301 Å². The summed E-state index contributed by atoms with van der Waals surface area (Å²) >= 11 is 17.7. The number of Topliss-reactive ketones (excluding diaryl/α,β-unsaturated/α-hetero) is 3. The van der Waals surface area contributed by atoms with Crippen molar-refractivity contribution >= 4 is 172 Å². The Balaban J connectivity index is 0.000000585. The van der Waals surface area contributed by atoms with Gasteiger partial charge in [0.15, 0.2) is 28.8 Å². The molecule has 1 saturated carbocycles. The summed E-state index contributed by atoms with van der Waals surface area (Å²) in [5.41, 5.74) is -1.33. The number of fused-ring (bicyclic) bond motifs is 10. The summed E-state index contributed by atoms with van der Waals surface area (Å²) in [6.07, 6.45) is 8.15. The number of allylic oxidation sites excluding steroid dienone is 6. The van der Waals surface area contributed by atoms with Crippen molar-refractivity contribution < 1.29 is 177 Å². The second-order valence-electron chi connectivity index (χ2n) is 37.1. The maximum Gasteiger partial charge on any atom is 1.00 e. The number of amides is 10. The van der Waals surface area contributed by atoms with Gasteiger partial charge in [0.25, 0.3) is 33.7 Å². The molecule has 2 aromatic carbocycles. The van der Waals surface area contributed by atoms with Crippen molar-refractivity contribution in [3.05, 3.63) is 105 Å². The van der Waals surface area contributed by atoms with Crippen LogP contribution in [-0.2, 0) is 124 Å². The molecule has 5 saturated heterocycles. The van der Waals surface area contributed by atoms with Crippen LogP contribution in [0.5, 0.6) is 11.5 Å². The fraction of sp³-hybridized carbons (Fsp3) is 0.644. The molecule has 8 bridgehead atoms. The number of anilines is 2. The molecule has 148 heavy (non-hydrogen) atoms. The van der Waals surface area contributed by atoms with Gasteiger partial charge in [-0.25, -0.2) is 22.8 Å². The van der Waals surface area contributed by atoms with E-state index in [9.17, 15) is 103 Å². The van der Waals surface area contributed by atoms with Gasteiger partial charge in [-0.2, -0.15) is 21.0 Å². The van der Waals surface area contributed by atoms with Crippen molar-refractivity contribution in [3.63, 3.8) is 0 Å². The first-order chi connectivity index (χ1) is 68.6. The molecule has 10 amide bonds. The molecule has 6 fully saturated rings. The minimum absolute atomic E-state index is 0. The number of thiol groups is 1. The van der Waals surface area contributed by atoms with E-state index in [1.54, 1.807) is 78.4 Å². The standard InChI is InChI=1S/C42H60ClN3O13S3.C36H50ClN3O9S.C16H18N2O9S.2C2H6.3CH4.Na/c1-10-30(47)34(62(53,54)55)14-16-60-61-17-15-36(49)45(6)26(4)31(48)21-28-22-37(50)46(7)29-19-27(20-32(56-8)38(29)43)18-24(2)12-11-13-35(57-9)42(52)23-33(58-40(51)44-42)25(3)39-41(28,5)59-39;1-20-10-9-11-29(47-8)36(45)19-28(48-34(44)38-36)21(2)33-35(4,49-33)24(17-26(41)22(3)39(5)30(42)12-13-50)18-31(43)40(6)25-15-23(14-20)16-27(46-7)32(25)37;19-12-5-6-13(20)17(12)8-9-1-3-10(4-2-9)16(23)27-18-14(21)7-11(15(18)22)28(24,25)26;2*1-2;;;;/h11-13,19-20,25-26,28,33-35,39,52H,10,14-18,21-23H2,1-9H3,(H,44,51)(H,53,54,55);9-11,15-16,21-22,24,28-29,33,45,50H,12-14,17-19H2,1-8H3,(H,38,44);5-6,9-11H,1-4,7-8H2,(H,24,25,26);2*1-2H3;3*1H4;/q;;;;;;;;+1/p-1/b13-11+,24-12+;11-9+,20-10+;;;;;;;/t25-,26+,28+,33+,34?,35-,39+,41+,42+;21-,22+,24+,28+,29-,33+,35+,36+;;;;;;;/m11......./s1/i;;;;;1D;;;. The largest absolute Gasteiger partial charge is 1.00 e. The molecule has 8 aliphatic heterocycles. The maximum absolute atomic E-state index is 14.3. The van der Waals surface area contributed by atoms with Gasteiger partial charge in [0.1, 0.15) is 66.6 Å². The summed E-state index contributed by atoms with van der Waals surface area (Å²) in [6.45, 7) is 24.2. The Labute approximate surface area is 917 Å². The topological polar surface area (TPSA) is 524 Å². The number of carbonyl (C=O) groups excluding carboxylic acids is 14. The van der Waals surface area contributed by atoms with Gasteiger partial charge in [-0.05, 0) is 134 Å². The van der Waals surface area contributed by atoms with Crippen molar-refractivity contribution in [1.82, 2.24) is 30.4 Å². The molecule has 0 radical (unpaired) electrons. The van der Waals surface area contributed by atoms with Crippen LogP contribution in [0.3, 0.4) is 0 Å². The number of ether oxygens (including phenoxy) is 8. The van der Waals surface area contributed by atoms with Crippen molar-refractivity contribution in [3.8, 4) is 11.5 Å². The molecule has 5 N–H and O–H groups in total. The number of ketones is 3. The number of methoxy groups -OCH3 is 4. The fourth-order valence-corrected chi connectivity index (χ4v) is 23.1. The number of carbonyl (C=O) groups is 14. The number of hydrogen-bond acceptors (Lipinski definition) is 33. The van der Waals surface area contributed by atoms with Gasteiger partial charge in [-0.15, -0.1) is 5.06 Å². The van der Waals surface area contributed by atoms with Gasteiger partial charge in [0.2, 0.25) is 23.6 Å². The van der Waals surface area contributed by atoms with Crippen LogP contribution in [0.2, 0.25) is 10.0 Å². The third-order valence-corrected chi connectivity index (χ3v) is 33.3. The molecule has 0 aromatic heterocycles. The number of nitrogens with one attached hydrogen (secondary N) is 2. The monoisotopic (exact) mass is 2230 g/mol. The Hall–Kier alpha value is -7.87. The van der Waals surface area contributed by atoms with E-state index in [4.69, 9.17) is 67.3 Å². The van der Waals surface area contributed by atoms with Crippen LogP contribution in [0.25, 0.3) is 0 Å². The maximum atomic E-state index is 14.3. The average molecular weight is 2230 g/mol. The minimum atomic E-state index is -5.02. The molecule has 39 nitrogen and oxygen atoms in total. The molecule has 0 spiro atoms. The third-order valence-electron chi connectivity index (χ3n) is 27.6. The van der Waals surface area contributed by atoms with Gasteiger partial charge in [-0.3, -0.25) is 72.8 Å². The Bertz CT molecular complexity index is 5430. The molecule has 8 heterocycles. The third kappa shape index (κ3) is 34.3. The Morgan fingerprint density at radius 1 is 0.642 bits per heavy atom. The summed E-state index contributed by atoms with van der Waals surface area (Å²) in [7, 11) is 6.46. The van der Waals surface area contributed by atoms with E-state index >= 15 is 0 Å². The van der Waals surface area contributed by atoms with Gasteiger partial charge in [0, 0.05) is 155 Å². The van der Waals surface area contributed by atoms with E-state index in [0.717, 1.165) is 27.2 Å². The average Bonchev–Trinajstić information content (AvgIpc) is 1.57. The van der Waals surface area contributed by atoms with E-state index in [-0.39, 0.29) is 189 Å². The Kier molecular flexibility index (Phi) is 52.8. The SMILES string of the molecule is C.C.CC.CC.CCC(=O)C(CCSSCCC(=O)N(C)[C@@H](C)C(=O)C[C@H]1CC(=O)N(C)c2cc(cc(OC)c2Cl)C/C(C)=C/C=C/[C@@H](OC)[C@@]2(O)C[C@H](OC(=O)N2)[C@@H](C)[C@@H]2O[C@@]12C)S(=O)(=O)O.COc1cc2cc(c1Cl)N(C)C(=O)C[C@H](CC(=O)[C@H](C)N(C)C(=O)CCS)[C@]1(C)O[C@H]1[C@H](C)[C@@H]1C[C@@](O)(NC(=O)O1)[C@H](OC)/C=C/C=C(\C)C2.O=C(ON1C(=O)CC(S(=O)(=O)[O-])C1=O)C1CCC(CN2C(=O)C=CC2=O)CC1.[2H]C.[Na+]. The van der Waals surface area contributed by atoms with E-state index in [1.165, 1.54) is 103 Å². The van der Waals surface area contributed by atoms with Crippen LogP contribution < -0.4 is 59.5 Å². The molecular weight excluding hydrogens is 2080 g/mol. The number of imide groups is 2. The number of aliphatic hydroxyl groups is 2. The Morgan fingerprint density at radius 3 is 1.42 bits per heavy atom. The number of epoxide rings is 2. The van der Waals surface area contributed by atoms with E-state index in [0.29, 0.717) is 72.9 Å². The van der Waals surface area contributed by atoms with Gasteiger partial charge < -0.3 is 77.1 Å². The molecule has 47 heteroatoms. The zero-order chi connectivity index (χ0) is 110. The molecule has 1 aliphatic carbocycles. The number of benzene rings is 2. The van der Waals surface area contributed by atoms with E-state index < -0.39 is 174 Å². The smallest absolute Gasteiger partial charge is 0.747 e. The number of hydroxylamine groups is 2. The number of nitrogens with zero attached hydrogens (tertiary/aromatic N) is 6. The molecule has 2 aromatic rings. The zero-order valence-electron chi connectivity index (χ0n) is 88.3. The second kappa shape index (κ2) is 59.0. The second-order valence-corrected chi connectivity index (χ2v) is 44.2. The van der Waals surface area contributed by atoms with Crippen molar-refractivity contribution in [2.24, 2.45) is 35.5 Å². The van der Waals surface area contributed by atoms with E-state index in [2.05, 4.69) is 23.3 Å². The van der Waals surface area contributed by atoms with Gasteiger partial charge in [-0.1, -0.05) is 163 Å². The number of hydrogen-bond donors (Lipinski definition) is 6. The van der Waals surface area contributed by atoms with E-state index in [1.807, 2.05) is 86.6 Å². The summed E-state index contributed by atoms with van der Waals surface area (Å²) < 4.78 is 118. The van der Waals surface area contributed by atoms with Crippen LogP contribution in [0.15, 0.2) is 84.0 Å². The summed E-state index contributed by atoms with van der Waals surface area (Å²) in [5.74, 6) is -7.54. The number of rotatable bonds is 29. The fourth-order valence-electron chi connectivity index (χ4n) is 18.4. The van der Waals surface area contributed by atoms with Crippen LogP contribution in [0, 0.1) is 35.5 Å². The van der Waals surface area contributed by atoms with Crippen molar-refractivity contribution in [2.75, 3.05) is 90.2 Å². The molecule has 11 rings (SSSR count). The first-order valence-electron chi connectivity index (χ1n) is 48.8. The minimum Gasteiger partial charge on any atom is -0.747 e. The van der Waals surface area contributed by atoms with Gasteiger partial charge >= 0.3 is 47.7 Å². The number of alkyl carbamates (subject to hydrolysis) is 2. The molecular formula is C101H151Cl2N8NaO31S5. The summed E-state index contributed by atoms with van der Waals surface area (Å²) in [5, 5.41) is 25.5. The van der Waals surface area contributed by atoms with Crippen LogP contribution in [0.1, 0.15) is 221 Å². The molecule has 9 aliphatic rings. The number of halogens is 2. The quantitative estimate of drug-likeness (QED) is 0.00838. The van der Waals surface area contributed by atoms with Crippen molar-refractivity contribution in [1.29, 1.82) is 0 Å². The molecule has 2 unspecified atom stereocenters. The molecule has 18 atom stereocenters.